The molecule has 0 bridgehead atoms. The van der Waals surface area contributed by atoms with Crippen LogP contribution in [-0.4, -0.2) is 49.6 Å². The molecule has 1 aromatic rings. The van der Waals surface area contributed by atoms with Crippen LogP contribution in [0.2, 0.25) is 0 Å². The van der Waals surface area contributed by atoms with E-state index in [0.717, 1.165) is 31.2 Å². The Morgan fingerprint density at radius 2 is 2.04 bits per heavy atom. The van der Waals surface area contributed by atoms with Crippen molar-refractivity contribution in [2.75, 3.05) is 27.3 Å². The Bertz CT molecular complexity index is 643. The Kier molecular flexibility index (Phi) is 4.90. The fourth-order valence-corrected chi connectivity index (χ4v) is 4.16. The number of aryl methyl sites for hydroxylation is 2. The molecule has 5 nitrogen and oxygen atoms in total. The number of hydrogen-bond acceptors (Lipinski definition) is 3. The van der Waals surface area contributed by atoms with Gasteiger partial charge in [-0.25, -0.2) is 0 Å². The molecule has 130 valence electrons. The van der Waals surface area contributed by atoms with E-state index in [1.807, 2.05) is 17.0 Å². The zero-order chi connectivity index (χ0) is 17.2. The van der Waals surface area contributed by atoms with Crippen LogP contribution in [0.1, 0.15) is 47.2 Å². The van der Waals surface area contributed by atoms with Crippen LogP contribution in [-0.2, 0) is 22.4 Å². The van der Waals surface area contributed by atoms with Crippen molar-refractivity contribution in [3.63, 3.8) is 0 Å². The predicted molar refractivity (Wildman–Crippen MR) is 92.0 cm³/mol. The molecular formula is C19H26N2O3. The maximum atomic E-state index is 13.1. The van der Waals surface area contributed by atoms with Crippen LogP contribution in [0.15, 0.2) is 18.2 Å². The molecule has 1 N–H and O–H groups in total. The summed E-state index contributed by atoms with van der Waals surface area (Å²) in [5.74, 6) is -0.0381. The van der Waals surface area contributed by atoms with Gasteiger partial charge in [-0.1, -0.05) is 6.07 Å². The molecule has 2 amide bonds. The Labute approximate surface area is 143 Å². The van der Waals surface area contributed by atoms with E-state index in [1.165, 1.54) is 17.5 Å². The van der Waals surface area contributed by atoms with Gasteiger partial charge in [-0.05, 0) is 55.4 Å². The van der Waals surface area contributed by atoms with Crippen molar-refractivity contribution < 1.29 is 14.3 Å². The van der Waals surface area contributed by atoms with Crippen LogP contribution in [0.4, 0.5) is 0 Å². The SMILES string of the molecule is CNC(=O)CC1(COC)CCCN1C(=O)c1ccc2c(c1)CCC2. The van der Waals surface area contributed by atoms with Gasteiger partial charge in [-0.2, -0.15) is 0 Å². The van der Waals surface area contributed by atoms with E-state index in [-0.39, 0.29) is 18.2 Å². The molecule has 1 aliphatic heterocycles. The molecule has 5 heteroatoms. The Balaban J connectivity index is 1.87. The lowest BCUT2D eigenvalue weighted by atomic mass is 9.91. The number of benzene rings is 1. The summed E-state index contributed by atoms with van der Waals surface area (Å²) in [5, 5.41) is 2.68. The van der Waals surface area contributed by atoms with Gasteiger partial charge in [-0.3, -0.25) is 9.59 Å². The fraction of sp³-hybridized carbons (Fsp3) is 0.579. The van der Waals surface area contributed by atoms with Gasteiger partial charge in [0.1, 0.15) is 0 Å². The molecule has 1 heterocycles. The molecule has 0 saturated carbocycles. The van der Waals surface area contributed by atoms with Gasteiger partial charge in [0, 0.05) is 26.3 Å². The molecule has 3 rings (SSSR count). The summed E-state index contributed by atoms with van der Waals surface area (Å²) < 4.78 is 5.39. The smallest absolute Gasteiger partial charge is 0.254 e. The van der Waals surface area contributed by atoms with Crippen molar-refractivity contribution in [2.24, 2.45) is 0 Å². The number of likely N-dealkylation sites (tertiary alicyclic amines) is 1. The molecule has 1 saturated heterocycles. The molecule has 1 aliphatic carbocycles. The van der Waals surface area contributed by atoms with Crippen LogP contribution in [0.3, 0.4) is 0 Å². The lowest BCUT2D eigenvalue weighted by molar-refractivity contribution is -0.123. The van der Waals surface area contributed by atoms with Crippen molar-refractivity contribution in [3.8, 4) is 0 Å². The van der Waals surface area contributed by atoms with Gasteiger partial charge in [0.05, 0.1) is 18.6 Å². The van der Waals surface area contributed by atoms with Crippen molar-refractivity contribution in [1.82, 2.24) is 10.2 Å². The standard InChI is InChI=1S/C19H26N2O3/c1-20-17(22)12-19(13-24-2)9-4-10-21(19)18(23)16-8-7-14-5-3-6-15(14)11-16/h7-8,11H,3-6,9-10,12-13H2,1-2H3,(H,20,22). The highest BCUT2D eigenvalue weighted by Crippen LogP contribution is 2.35. The van der Waals surface area contributed by atoms with E-state index < -0.39 is 5.54 Å². The number of fused-ring (bicyclic) bond motifs is 1. The highest BCUT2D eigenvalue weighted by atomic mass is 16.5. The van der Waals surface area contributed by atoms with E-state index in [2.05, 4.69) is 11.4 Å². The van der Waals surface area contributed by atoms with E-state index in [0.29, 0.717) is 13.2 Å². The number of rotatable bonds is 5. The molecular weight excluding hydrogens is 304 g/mol. The largest absolute Gasteiger partial charge is 0.382 e. The zero-order valence-electron chi connectivity index (χ0n) is 14.6. The Morgan fingerprint density at radius 3 is 2.79 bits per heavy atom. The van der Waals surface area contributed by atoms with Gasteiger partial charge < -0.3 is 15.0 Å². The van der Waals surface area contributed by atoms with Crippen molar-refractivity contribution in [3.05, 3.63) is 34.9 Å². The maximum absolute atomic E-state index is 13.1. The van der Waals surface area contributed by atoms with E-state index >= 15 is 0 Å². The molecule has 0 radical (unpaired) electrons. The highest BCUT2D eigenvalue weighted by molar-refractivity contribution is 5.95. The number of methoxy groups -OCH3 is 1. The van der Waals surface area contributed by atoms with E-state index in [1.54, 1.807) is 14.2 Å². The third-order valence-corrected chi connectivity index (χ3v) is 5.37. The number of carbonyl (C=O) groups is 2. The maximum Gasteiger partial charge on any atom is 0.254 e. The minimum absolute atomic E-state index is 0.0168. The first-order chi connectivity index (χ1) is 11.6. The molecule has 2 aliphatic rings. The normalized spacial score (nSPS) is 22.5. The van der Waals surface area contributed by atoms with Crippen molar-refractivity contribution in [2.45, 2.75) is 44.1 Å². The molecule has 1 unspecified atom stereocenters. The second-order valence-electron chi connectivity index (χ2n) is 6.90. The Hall–Kier alpha value is -1.88. The monoisotopic (exact) mass is 330 g/mol. The molecule has 1 fully saturated rings. The summed E-state index contributed by atoms with van der Waals surface area (Å²) in [6, 6.07) is 6.06. The average Bonchev–Trinajstić information content (AvgIpc) is 3.20. The Morgan fingerprint density at radius 1 is 1.25 bits per heavy atom. The quantitative estimate of drug-likeness (QED) is 0.897. The zero-order valence-corrected chi connectivity index (χ0v) is 14.6. The molecule has 1 atom stereocenters. The lowest BCUT2D eigenvalue weighted by Gasteiger charge is -2.37. The summed E-state index contributed by atoms with van der Waals surface area (Å²) in [6.07, 6.45) is 5.31. The average molecular weight is 330 g/mol. The molecule has 0 spiro atoms. The first kappa shape index (κ1) is 17.0. The van der Waals surface area contributed by atoms with Gasteiger partial charge in [0.25, 0.3) is 5.91 Å². The van der Waals surface area contributed by atoms with Crippen molar-refractivity contribution >= 4 is 11.8 Å². The minimum Gasteiger partial charge on any atom is -0.382 e. The second-order valence-corrected chi connectivity index (χ2v) is 6.90. The summed E-state index contributed by atoms with van der Waals surface area (Å²) in [6.45, 7) is 1.06. The first-order valence-electron chi connectivity index (χ1n) is 8.73. The van der Waals surface area contributed by atoms with E-state index in [4.69, 9.17) is 4.74 Å². The van der Waals surface area contributed by atoms with Crippen LogP contribution < -0.4 is 5.32 Å². The number of carbonyl (C=O) groups excluding carboxylic acids is 2. The van der Waals surface area contributed by atoms with Gasteiger partial charge >= 0.3 is 0 Å². The van der Waals surface area contributed by atoms with Crippen molar-refractivity contribution in [1.29, 1.82) is 0 Å². The lowest BCUT2D eigenvalue weighted by Crippen LogP contribution is -2.52. The predicted octanol–water partition coefficient (Wildman–Crippen LogP) is 1.93. The highest BCUT2D eigenvalue weighted by Gasteiger charge is 2.45. The topological polar surface area (TPSA) is 58.6 Å². The number of amides is 2. The number of nitrogens with zero attached hydrogens (tertiary/aromatic N) is 1. The first-order valence-corrected chi connectivity index (χ1v) is 8.73. The fourth-order valence-electron chi connectivity index (χ4n) is 4.16. The summed E-state index contributed by atoms with van der Waals surface area (Å²) in [5.41, 5.74) is 2.85. The van der Waals surface area contributed by atoms with Gasteiger partial charge in [0.2, 0.25) is 5.91 Å². The van der Waals surface area contributed by atoms with Crippen LogP contribution >= 0.6 is 0 Å². The number of nitrogens with one attached hydrogen (secondary N) is 1. The van der Waals surface area contributed by atoms with Crippen LogP contribution in [0, 0.1) is 0 Å². The number of hydrogen-bond donors (Lipinski definition) is 1. The number of ether oxygens (including phenoxy) is 1. The van der Waals surface area contributed by atoms with Gasteiger partial charge in [-0.15, -0.1) is 0 Å². The molecule has 24 heavy (non-hydrogen) atoms. The molecule has 0 aromatic heterocycles. The van der Waals surface area contributed by atoms with E-state index in [9.17, 15) is 9.59 Å². The third-order valence-electron chi connectivity index (χ3n) is 5.37. The second kappa shape index (κ2) is 6.93. The van der Waals surface area contributed by atoms with Crippen LogP contribution in [0.5, 0.6) is 0 Å². The summed E-state index contributed by atoms with van der Waals surface area (Å²) in [7, 11) is 3.26. The minimum atomic E-state index is -0.537. The summed E-state index contributed by atoms with van der Waals surface area (Å²) >= 11 is 0. The molecule has 1 aromatic carbocycles. The summed E-state index contributed by atoms with van der Waals surface area (Å²) in [4.78, 5) is 27.0. The third kappa shape index (κ3) is 3.05. The van der Waals surface area contributed by atoms with Gasteiger partial charge in [0.15, 0.2) is 0 Å². The van der Waals surface area contributed by atoms with Crippen LogP contribution in [0.25, 0.3) is 0 Å².